The Kier molecular flexibility index (Phi) is 4.83. The molecule has 0 saturated carbocycles. The monoisotopic (exact) mass is 334 g/mol. The number of halogens is 1. The van der Waals surface area contributed by atoms with Crippen LogP contribution in [0.25, 0.3) is 0 Å². The molecular formula is C16H15BrOS. The molecule has 19 heavy (non-hydrogen) atoms. The molecule has 0 N–H and O–H groups in total. The number of benzene rings is 2. The van der Waals surface area contributed by atoms with Gasteiger partial charge in [-0.15, -0.1) is 0 Å². The third-order valence-corrected chi connectivity index (χ3v) is 3.94. The number of carbonyl (C=O) groups excluding carboxylic acids is 1. The van der Waals surface area contributed by atoms with E-state index in [2.05, 4.69) is 35.5 Å². The van der Waals surface area contributed by atoms with Crippen LogP contribution < -0.4 is 0 Å². The summed E-state index contributed by atoms with van der Waals surface area (Å²) >= 11 is 7.71. The Morgan fingerprint density at radius 1 is 1.16 bits per heavy atom. The minimum absolute atomic E-state index is 0.0548. The highest BCUT2D eigenvalue weighted by molar-refractivity contribution is 9.10. The summed E-state index contributed by atoms with van der Waals surface area (Å²) in [5, 5.41) is 0. The molecule has 0 radical (unpaired) electrons. The van der Waals surface area contributed by atoms with Crippen LogP contribution in [-0.2, 0) is 12.2 Å². The molecule has 98 valence electrons. The highest BCUT2D eigenvalue weighted by Crippen LogP contribution is 2.21. The molecule has 2 aromatic rings. The molecule has 0 bridgehead atoms. The van der Waals surface area contributed by atoms with Gasteiger partial charge in [0.25, 0.3) is 0 Å². The first kappa shape index (κ1) is 14.4. The van der Waals surface area contributed by atoms with E-state index in [1.807, 2.05) is 42.5 Å². The molecule has 3 heteroatoms. The predicted molar refractivity (Wildman–Crippen MR) is 86.1 cm³/mol. The van der Waals surface area contributed by atoms with Crippen LogP contribution >= 0.6 is 28.6 Å². The largest absolute Gasteiger partial charge is 0.289 e. The molecule has 1 nitrogen and oxygen atoms in total. The van der Waals surface area contributed by atoms with Crippen LogP contribution in [-0.4, -0.2) is 5.78 Å². The van der Waals surface area contributed by atoms with Crippen molar-refractivity contribution in [1.29, 1.82) is 0 Å². The van der Waals surface area contributed by atoms with E-state index in [4.69, 9.17) is 0 Å². The van der Waals surface area contributed by atoms with Gasteiger partial charge in [0.05, 0.1) is 0 Å². The minimum atomic E-state index is 0.0548. The Hall–Kier alpha value is -1.06. The normalized spacial score (nSPS) is 10.5. The fourth-order valence-corrected chi connectivity index (χ4v) is 2.63. The summed E-state index contributed by atoms with van der Waals surface area (Å²) in [6, 6.07) is 13.5. The van der Waals surface area contributed by atoms with E-state index in [-0.39, 0.29) is 5.78 Å². The minimum Gasteiger partial charge on any atom is -0.289 e. The maximum atomic E-state index is 12.5. The van der Waals surface area contributed by atoms with Crippen molar-refractivity contribution in [1.82, 2.24) is 0 Å². The highest BCUT2D eigenvalue weighted by atomic mass is 79.9. The van der Waals surface area contributed by atoms with Gasteiger partial charge in [-0.2, -0.15) is 12.6 Å². The third kappa shape index (κ3) is 3.28. The fraction of sp³-hybridized carbons (Fsp3) is 0.188. The van der Waals surface area contributed by atoms with Gasteiger partial charge in [0.1, 0.15) is 0 Å². The third-order valence-electron chi connectivity index (χ3n) is 3.11. The lowest BCUT2D eigenvalue weighted by Gasteiger charge is -2.08. The summed E-state index contributed by atoms with van der Waals surface area (Å²) in [6.07, 6.45) is 0.981. The fourth-order valence-electron chi connectivity index (χ4n) is 1.96. The van der Waals surface area contributed by atoms with Crippen LogP contribution in [0.15, 0.2) is 46.9 Å². The van der Waals surface area contributed by atoms with Crippen molar-refractivity contribution in [3.05, 3.63) is 69.2 Å². The van der Waals surface area contributed by atoms with Crippen molar-refractivity contribution in [2.75, 3.05) is 0 Å². The quantitative estimate of drug-likeness (QED) is 0.635. The Balaban J connectivity index is 2.37. The summed E-state index contributed by atoms with van der Waals surface area (Å²) < 4.78 is 0.967. The van der Waals surface area contributed by atoms with E-state index in [0.29, 0.717) is 5.75 Å². The zero-order chi connectivity index (χ0) is 13.8. The second-order valence-electron chi connectivity index (χ2n) is 4.34. The van der Waals surface area contributed by atoms with Gasteiger partial charge < -0.3 is 0 Å². The maximum absolute atomic E-state index is 12.5. The van der Waals surface area contributed by atoms with Crippen molar-refractivity contribution in [2.24, 2.45) is 0 Å². The molecule has 0 fully saturated rings. The molecule has 0 aliphatic rings. The van der Waals surface area contributed by atoms with Gasteiger partial charge in [0, 0.05) is 21.4 Å². The molecule has 0 unspecified atom stereocenters. The van der Waals surface area contributed by atoms with Crippen LogP contribution in [0.4, 0.5) is 0 Å². The van der Waals surface area contributed by atoms with Crippen LogP contribution in [0.3, 0.4) is 0 Å². The lowest BCUT2D eigenvalue weighted by Crippen LogP contribution is -2.05. The molecule has 0 spiro atoms. The average molecular weight is 335 g/mol. The van der Waals surface area contributed by atoms with Gasteiger partial charge in [-0.1, -0.05) is 47.1 Å². The summed E-state index contributed by atoms with van der Waals surface area (Å²) in [7, 11) is 0. The average Bonchev–Trinajstić information content (AvgIpc) is 2.46. The van der Waals surface area contributed by atoms with Crippen LogP contribution in [0.2, 0.25) is 0 Å². The standard InChI is InChI=1S/C16H15BrOS/c1-2-11-3-5-12(6-4-11)16(18)15-8-7-14(17)9-13(15)10-19/h3-9,19H,2,10H2,1H3. The smallest absolute Gasteiger partial charge is 0.193 e. The van der Waals surface area contributed by atoms with Gasteiger partial charge in [0.2, 0.25) is 0 Å². The number of ketones is 1. The van der Waals surface area contributed by atoms with Gasteiger partial charge in [0.15, 0.2) is 5.78 Å². The predicted octanol–water partition coefficient (Wildman–Crippen LogP) is 4.67. The number of thiol groups is 1. The number of hydrogen-bond donors (Lipinski definition) is 1. The highest BCUT2D eigenvalue weighted by Gasteiger charge is 2.13. The number of hydrogen-bond acceptors (Lipinski definition) is 2. The zero-order valence-electron chi connectivity index (χ0n) is 10.7. The lowest BCUT2D eigenvalue weighted by atomic mass is 9.98. The van der Waals surface area contributed by atoms with Crippen LogP contribution in [0.1, 0.15) is 34.0 Å². The molecule has 0 aliphatic carbocycles. The van der Waals surface area contributed by atoms with E-state index < -0.39 is 0 Å². The van der Waals surface area contributed by atoms with E-state index in [1.165, 1.54) is 5.56 Å². The SMILES string of the molecule is CCc1ccc(C(=O)c2ccc(Br)cc2CS)cc1. The van der Waals surface area contributed by atoms with Crippen molar-refractivity contribution >= 4 is 34.3 Å². The summed E-state index contributed by atoms with van der Waals surface area (Å²) in [6.45, 7) is 2.10. The van der Waals surface area contributed by atoms with Crippen LogP contribution in [0.5, 0.6) is 0 Å². The number of aryl methyl sites for hydroxylation is 1. The number of rotatable bonds is 4. The van der Waals surface area contributed by atoms with Crippen molar-refractivity contribution in [3.8, 4) is 0 Å². The summed E-state index contributed by atoms with van der Waals surface area (Å²) in [5.74, 6) is 0.604. The maximum Gasteiger partial charge on any atom is 0.193 e. The topological polar surface area (TPSA) is 17.1 Å². The van der Waals surface area contributed by atoms with Gasteiger partial charge in [-0.05, 0) is 35.7 Å². The Bertz CT molecular complexity index is 590. The first-order valence-electron chi connectivity index (χ1n) is 6.18. The van der Waals surface area contributed by atoms with Crippen molar-refractivity contribution < 1.29 is 4.79 Å². The Morgan fingerprint density at radius 3 is 2.42 bits per heavy atom. The van der Waals surface area contributed by atoms with E-state index in [9.17, 15) is 4.79 Å². The molecule has 0 heterocycles. The number of carbonyl (C=O) groups is 1. The van der Waals surface area contributed by atoms with E-state index in [1.54, 1.807) is 0 Å². The molecule has 2 aromatic carbocycles. The first-order valence-corrected chi connectivity index (χ1v) is 7.61. The Labute approximate surface area is 127 Å². The second kappa shape index (κ2) is 6.40. The lowest BCUT2D eigenvalue weighted by molar-refractivity contribution is 0.103. The molecule has 0 aromatic heterocycles. The molecule has 0 amide bonds. The van der Waals surface area contributed by atoms with Crippen molar-refractivity contribution in [3.63, 3.8) is 0 Å². The zero-order valence-corrected chi connectivity index (χ0v) is 13.2. The Morgan fingerprint density at radius 2 is 1.84 bits per heavy atom. The van der Waals surface area contributed by atoms with Gasteiger partial charge in [-0.25, -0.2) is 0 Å². The molecule has 2 rings (SSSR count). The molecular weight excluding hydrogens is 320 g/mol. The molecule has 0 aliphatic heterocycles. The van der Waals surface area contributed by atoms with Gasteiger partial charge in [-0.3, -0.25) is 4.79 Å². The summed E-state index contributed by atoms with van der Waals surface area (Å²) in [4.78, 5) is 12.5. The van der Waals surface area contributed by atoms with E-state index >= 15 is 0 Å². The second-order valence-corrected chi connectivity index (χ2v) is 5.57. The van der Waals surface area contributed by atoms with Gasteiger partial charge >= 0.3 is 0 Å². The van der Waals surface area contributed by atoms with Crippen LogP contribution in [0, 0.1) is 0 Å². The molecule has 0 saturated heterocycles. The summed E-state index contributed by atoms with van der Waals surface area (Å²) in [5.41, 5.74) is 3.63. The van der Waals surface area contributed by atoms with Crippen molar-refractivity contribution in [2.45, 2.75) is 19.1 Å². The van der Waals surface area contributed by atoms with E-state index in [0.717, 1.165) is 27.6 Å². The first-order chi connectivity index (χ1) is 9.15. The molecule has 0 atom stereocenters.